The molecule has 1 heterocycles. The van der Waals surface area contributed by atoms with Crippen molar-refractivity contribution in [3.05, 3.63) is 29.8 Å². The summed E-state index contributed by atoms with van der Waals surface area (Å²) in [6, 6.07) is 6.00. The van der Waals surface area contributed by atoms with Gasteiger partial charge in [-0.15, -0.1) is 0 Å². The molecule has 2 atom stereocenters. The molecule has 2 amide bonds. The fourth-order valence-electron chi connectivity index (χ4n) is 2.51. The molecule has 0 aromatic heterocycles. The maximum absolute atomic E-state index is 12.1. The number of likely N-dealkylation sites (tertiary alicyclic amines) is 1. The summed E-state index contributed by atoms with van der Waals surface area (Å²) >= 11 is 0. The van der Waals surface area contributed by atoms with Crippen LogP contribution in [0, 0.1) is 0 Å². The first-order valence-electron chi connectivity index (χ1n) is 7.08. The summed E-state index contributed by atoms with van der Waals surface area (Å²) in [6.07, 6.45) is 1.31. The number of carboxylic acids is 1. The first-order valence-corrected chi connectivity index (χ1v) is 7.08. The normalized spacial score (nSPS) is 21.3. The second-order valence-electron chi connectivity index (χ2n) is 5.27. The van der Waals surface area contributed by atoms with Crippen LogP contribution in [0.2, 0.25) is 0 Å². The molecule has 0 bridgehead atoms. The van der Waals surface area contributed by atoms with Gasteiger partial charge in [-0.05, 0) is 24.1 Å². The zero-order valence-electron chi connectivity index (χ0n) is 12.0. The molecular formula is C15H20N2O4. The lowest BCUT2D eigenvalue weighted by molar-refractivity contribution is -0.141. The number of aryl methyl sites for hydroxylation is 1. The maximum atomic E-state index is 12.1. The van der Waals surface area contributed by atoms with Crippen molar-refractivity contribution in [2.75, 3.05) is 11.9 Å². The monoisotopic (exact) mass is 292 g/mol. The van der Waals surface area contributed by atoms with Crippen molar-refractivity contribution in [3.8, 4) is 0 Å². The second kappa shape index (κ2) is 6.58. The van der Waals surface area contributed by atoms with Crippen LogP contribution in [-0.2, 0) is 11.2 Å². The first kappa shape index (κ1) is 15.3. The van der Waals surface area contributed by atoms with Gasteiger partial charge in [-0.3, -0.25) is 0 Å². The number of carbonyl (C=O) groups excluding carboxylic acids is 1. The topological polar surface area (TPSA) is 89.9 Å². The Morgan fingerprint density at radius 1 is 1.33 bits per heavy atom. The molecule has 1 aromatic carbocycles. The van der Waals surface area contributed by atoms with Gasteiger partial charge in [0.15, 0.2) is 0 Å². The molecule has 0 radical (unpaired) electrons. The van der Waals surface area contributed by atoms with Crippen LogP contribution in [0.25, 0.3) is 0 Å². The number of hydrogen-bond acceptors (Lipinski definition) is 3. The van der Waals surface area contributed by atoms with E-state index in [1.54, 1.807) is 12.1 Å². The van der Waals surface area contributed by atoms with Gasteiger partial charge < -0.3 is 20.4 Å². The van der Waals surface area contributed by atoms with E-state index >= 15 is 0 Å². The fourth-order valence-corrected chi connectivity index (χ4v) is 2.51. The van der Waals surface area contributed by atoms with Crippen LogP contribution in [-0.4, -0.2) is 45.8 Å². The quantitative estimate of drug-likeness (QED) is 0.787. The molecule has 1 saturated heterocycles. The molecule has 0 aliphatic carbocycles. The molecule has 1 aromatic rings. The number of carbonyl (C=O) groups is 2. The van der Waals surface area contributed by atoms with Crippen LogP contribution in [0.5, 0.6) is 0 Å². The van der Waals surface area contributed by atoms with Gasteiger partial charge in [0, 0.05) is 18.7 Å². The molecule has 6 nitrogen and oxygen atoms in total. The van der Waals surface area contributed by atoms with Crippen molar-refractivity contribution in [2.24, 2.45) is 0 Å². The number of nitrogens with one attached hydrogen (secondary N) is 1. The van der Waals surface area contributed by atoms with E-state index in [1.807, 2.05) is 12.1 Å². The van der Waals surface area contributed by atoms with Crippen molar-refractivity contribution in [2.45, 2.75) is 38.3 Å². The number of aliphatic hydroxyl groups excluding tert-OH is 1. The van der Waals surface area contributed by atoms with Gasteiger partial charge in [-0.25, -0.2) is 9.59 Å². The first-order chi connectivity index (χ1) is 10.0. The molecule has 1 unspecified atom stereocenters. The minimum absolute atomic E-state index is 0.0384. The highest BCUT2D eigenvalue weighted by molar-refractivity contribution is 5.92. The third-order valence-electron chi connectivity index (χ3n) is 3.57. The average molecular weight is 292 g/mol. The van der Waals surface area contributed by atoms with Gasteiger partial charge in [-0.1, -0.05) is 25.5 Å². The zero-order chi connectivity index (χ0) is 15.4. The molecule has 0 saturated carbocycles. The van der Waals surface area contributed by atoms with Crippen LogP contribution < -0.4 is 5.32 Å². The Kier molecular flexibility index (Phi) is 4.80. The van der Waals surface area contributed by atoms with Crippen molar-refractivity contribution in [1.29, 1.82) is 0 Å². The van der Waals surface area contributed by atoms with Crippen LogP contribution in [0.3, 0.4) is 0 Å². The molecule has 1 aliphatic heterocycles. The average Bonchev–Trinajstić information content (AvgIpc) is 2.84. The number of hydrogen-bond donors (Lipinski definition) is 3. The van der Waals surface area contributed by atoms with Gasteiger partial charge in [0.1, 0.15) is 6.04 Å². The summed E-state index contributed by atoms with van der Waals surface area (Å²) in [5, 5.41) is 21.3. The van der Waals surface area contributed by atoms with Gasteiger partial charge in [0.05, 0.1) is 6.10 Å². The summed E-state index contributed by atoms with van der Waals surface area (Å²) < 4.78 is 0. The number of benzene rings is 1. The van der Waals surface area contributed by atoms with E-state index in [0.29, 0.717) is 5.69 Å². The Balaban J connectivity index is 2.01. The minimum Gasteiger partial charge on any atom is -0.480 e. The minimum atomic E-state index is -1.10. The zero-order valence-corrected chi connectivity index (χ0v) is 12.0. The maximum Gasteiger partial charge on any atom is 0.326 e. The van der Waals surface area contributed by atoms with Crippen LogP contribution in [0.4, 0.5) is 10.5 Å². The smallest absolute Gasteiger partial charge is 0.326 e. The summed E-state index contributed by atoms with van der Waals surface area (Å²) in [5.74, 6) is -1.10. The van der Waals surface area contributed by atoms with Gasteiger partial charge in [0.2, 0.25) is 0 Å². The Hall–Kier alpha value is -2.08. The van der Waals surface area contributed by atoms with Crippen molar-refractivity contribution in [1.82, 2.24) is 4.90 Å². The van der Waals surface area contributed by atoms with Crippen molar-refractivity contribution in [3.63, 3.8) is 0 Å². The number of β-amino-alcohol motifs (C(OH)–C–C–N with tert-alkyl or cyclic N) is 1. The predicted molar refractivity (Wildman–Crippen MR) is 78.2 cm³/mol. The Morgan fingerprint density at radius 3 is 2.57 bits per heavy atom. The number of carboxylic acid groups (broad SMARTS) is 1. The van der Waals surface area contributed by atoms with E-state index in [9.17, 15) is 14.7 Å². The molecule has 6 heteroatoms. The highest BCUT2D eigenvalue weighted by Crippen LogP contribution is 2.20. The number of aliphatic carboxylic acids is 1. The van der Waals surface area contributed by atoms with Crippen LogP contribution in [0.15, 0.2) is 24.3 Å². The second-order valence-corrected chi connectivity index (χ2v) is 5.27. The van der Waals surface area contributed by atoms with E-state index in [1.165, 1.54) is 5.56 Å². The number of aliphatic hydroxyl groups is 1. The predicted octanol–water partition coefficient (Wildman–Crippen LogP) is 1.69. The molecule has 0 spiro atoms. The van der Waals surface area contributed by atoms with Crippen molar-refractivity contribution < 1.29 is 19.8 Å². The lowest BCUT2D eigenvalue weighted by Crippen LogP contribution is -2.43. The number of urea groups is 1. The summed E-state index contributed by atoms with van der Waals surface area (Å²) in [4.78, 5) is 24.4. The summed E-state index contributed by atoms with van der Waals surface area (Å²) in [5.41, 5.74) is 1.81. The van der Waals surface area contributed by atoms with Crippen LogP contribution >= 0.6 is 0 Å². The largest absolute Gasteiger partial charge is 0.480 e. The Morgan fingerprint density at radius 2 is 2.00 bits per heavy atom. The van der Waals surface area contributed by atoms with E-state index in [0.717, 1.165) is 17.7 Å². The van der Waals surface area contributed by atoms with E-state index in [-0.39, 0.29) is 13.0 Å². The third-order valence-corrected chi connectivity index (χ3v) is 3.57. The Bertz CT molecular complexity index is 515. The molecular weight excluding hydrogens is 272 g/mol. The summed E-state index contributed by atoms with van der Waals surface area (Å²) in [7, 11) is 0. The number of anilines is 1. The van der Waals surface area contributed by atoms with Crippen LogP contribution in [0.1, 0.15) is 25.3 Å². The third kappa shape index (κ3) is 3.72. The number of amides is 2. The molecule has 3 N–H and O–H groups in total. The molecule has 114 valence electrons. The SMILES string of the molecule is CCCc1ccc(NC(=O)N2CC(O)C[C@H]2C(=O)O)cc1. The highest BCUT2D eigenvalue weighted by atomic mass is 16.4. The summed E-state index contributed by atoms with van der Waals surface area (Å²) in [6.45, 7) is 2.14. The lowest BCUT2D eigenvalue weighted by Gasteiger charge is -2.21. The molecule has 1 aliphatic rings. The standard InChI is InChI=1S/C15H20N2O4/c1-2-3-10-4-6-11(7-5-10)16-15(21)17-9-12(18)8-13(17)14(19)20/h4-7,12-13,18H,2-3,8-9H2,1H3,(H,16,21)(H,19,20)/t12?,13-/m0/s1. The van der Waals surface area contributed by atoms with Crippen molar-refractivity contribution >= 4 is 17.7 Å². The van der Waals surface area contributed by atoms with Gasteiger partial charge >= 0.3 is 12.0 Å². The highest BCUT2D eigenvalue weighted by Gasteiger charge is 2.38. The van der Waals surface area contributed by atoms with Gasteiger partial charge in [0.25, 0.3) is 0 Å². The van der Waals surface area contributed by atoms with E-state index < -0.39 is 24.1 Å². The fraction of sp³-hybridized carbons (Fsp3) is 0.467. The molecule has 2 rings (SSSR count). The Labute approximate surface area is 123 Å². The van der Waals surface area contributed by atoms with Gasteiger partial charge in [-0.2, -0.15) is 0 Å². The number of rotatable bonds is 4. The van der Waals surface area contributed by atoms with E-state index in [2.05, 4.69) is 12.2 Å². The molecule has 1 fully saturated rings. The molecule has 21 heavy (non-hydrogen) atoms. The number of nitrogens with zero attached hydrogens (tertiary/aromatic N) is 1. The lowest BCUT2D eigenvalue weighted by atomic mass is 10.1. The van der Waals surface area contributed by atoms with E-state index in [4.69, 9.17) is 5.11 Å².